The molecule has 0 saturated heterocycles. The lowest BCUT2D eigenvalue weighted by atomic mass is 10.2. The monoisotopic (exact) mass is 310 g/mol. The summed E-state index contributed by atoms with van der Waals surface area (Å²) in [5, 5.41) is 7.19. The molecule has 1 rings (SSSR count). The van der Waals surface area contributed by atoms with Crippen LogP contribution in [-0.4, -0.2) is 27.0 Å². The van der Waals surface area contributed by atoms with Crippen molar-refractivity contribution in [1.29, 1.82) is 0 Å². The number of nitrogens with one attached hydrogen (secondary N) is 1. The van der Waals surface area contributed by atoms with Crippen LogP contribution in [0.15, 0.2) is 29.2 Å². The van der Waals surface area contributed by atoms with Gasteiger partial charge < -0.3 is 5.32 Å². The number of benzene rings is 1. The molecule has 112 valence electrons. The van der Waals surface area contributed by atoms with Crippen LogP contribution in [0.3, 0.4) is 0 Å². The smallest absolute Gasteiger partial charge is 0.352 e. The minimum Gasteiger partial charge on any atom is -0.352 e. The molecule has 3 N–H and O–H groups in total. The third kappa shape index (κ3) is 5.57. The predicted octanol–water partition coefficient (Wildman–Crippen LogP) is 1.41. The average Bonchev–Trinajstić information content (AvgIpc) is 2.32. The number of nitrogens with two attached hydrogens (primary N) is 1. The number of amides is 1. The highest BCUT2D eigenvalue weighted by Crippen LogP contribution is 2.20. The number of hydrogen-bond acceptors (Lipinski definition) is 3. The van der Waals surface area contributed by atoms with Gasteiger partial charge in [-0.1, -0.05) is 6.07 Å². The van der Waals surface area contributed by atoms with Gasteiger partial charge in [-0.25, -0.2) is 13.6 Å². The van der Waals surface area contributed by atoms with Crippen molar-refractivity contribution in [3.05, 3.63) is 29.8 Å². The predicted molar refractivity (Wildman–Crippen MR) is 65.4 cm³/mol. The van der Waals surface area contributed by atoms with Crippen LogP contribution in [-0.2, 0) is 10.0 Å². The molecule has 0 aromatic heterocycles. The first-order valence-electron chi connectivity index (χ1n) is 5.57. The maximum absolute atomic E-state index is 11.9. The van der Waals surface area contributed by atoms with E-state index in [0.29, 0.717) is 0 Å². The normalized spacial score (nSPS) is 12.2. The number of rotatable bonds is 5. The summed E-state index contributed by atoms with van der Waals surface area (Å²) in [6.45, 7) is -0.155. The van der Waals surface area contributed by atoms with E-state index in [9.17, 15) is 26.4 Å². The summed E-state index contributed by atoms with van der Waals surface area (Å²) in [6.07, 6.45) is -5.51. The SMILES string of the molecule is NS(=O)(=O)c1cccc(C(=O)NCCCC(F)(F)F)c1. The third-order valence-electron chi connectivity index (χ3n) is 2.35. The van der Waals surface area contributed by atoms with E-state index >= 15 is 0 Å². The number of primary sulfonamides is 1. The van der Waals surface area contributed by atoms with Gasteiger partial charge in [-0.15, -0.1) is 0 Å². The lowest BCUT2D eigenvalue weighted by Gasteiger charge is -2.08. The van der Waals surface area contributed by atoms with Crippen molar-refractivity contribution in [1.82, 2.24) is 5.32 Å². The Kier molecular flexibility index (Phi) is 5.12. The van der Waals surface area contributed by atoms with Crippen molar-refractivity contribution in [2.24, 2.45) is 5.14 Å². The summed E-state index contributed by atoms with van der Waals surface area (Å²) in [5.41, 5.74) is 0.0172. The van der Waals surface area contributed by atoms with E-state index in [-0.39, 0.29) is 23.4 Å². The van der Waals surface area contributed by atoms with E-state index in [0.717, 1.165) is 6.07 Å². The minimum absolute atomic E-state index is 0.0172. The molecule has 0 atom stereocenters. The molecule has 0 heterocycles. The second kappa shape index (κ2) is 6.23. The van der Waals surface area contributed by atoms with E-state index in [1.807, 2.05) is 0 Å². The average molecular weight is 310 g/mol. The number of sulfonamides is 1. The molecular weight excluding hydrogens is 297 g/mol. The zero-order valence-electron chi connectivity index (χ0n) is 10.3. The van der Waals surface area contributed by atoms with E-state index in [4.69, 9.17) is 5.14 Å². The van der Waals surface area contributed by atoms with Crippen LogP contribution in [0.1, 0.15) is 23.2 Å². The van der Waals surface area contributed by atoms with Gasteiger partial charge in [0.2, 0.25) is 10.0 Å². The van der Waals surface area contributed by atoms with Crippen LogP contribution in [0.5, 0.6) is 0 Å². The number of halogens is 3. The largest absolute Gasteiger partial charge is 0.389 e. The van der Waals surface area contributed by atoms with Crippen LogP contribution >= 0.6 is 0 Å². The maximum atomic E-state index is 11.9. The first-order chi connectivity index (χ1) is 9.09. The zero-order chi connectivity index (χ0) is 15.4. The summed E-state index contributed by atoms with van der Waals surface area (Å²) in [4.78, 5) is 11.4. The Morgan fingerprint density at radius 2 is 1.95 bits per heavy atom. The standard InChI is InChI=1S/C11H13F3N2O3S/c12-11(13,14)5-2-6-16-10(17)8-3-1-4-9(7-8)20(15,18)19/h1,3-4,7H,2,5-6H2,(H,16,17)(H2,15,18,19). The molecular formula is C11H13F3N2O3S. The van der Waals surface area contributed by atoms with Crippen molar-refractivity contribution in [3.8, 4) is 0 Å². The molecule has 0 unspecified atom stereocenters. The number of alkyl halides is 3. The second-order valence-corrected chi connectivity index (χ2v) is 5.61. The summed E-state index contributed by atoms with van der Waals surface area (Å²) < 4.78 is 57.9. The van der Waals surface area contributed by atoms with Crippen molar-refractivity contribution in [3.63, 3.8) is 0 Å². The summed E-state index contributed by atoms with van der Waals surface area (Å²) in [6, 6.07) is 4.95. The Bertz CT molecular complexity index is 585. The highest BCUT2D eigenvalue weighted by Gasteiger charge is 2.26. The topological polar surface area (TPSA) is 89.3 Å². The van der Waals surface area contributed by atoms with Crippen molar-refractivity contribution >= 4 is 15.9 Å². The number of carbonyl (C=O) groups is 1. The molecule has 0 aliphatic carbocycles. The van der Waals surface area contributed by atoms with Gasteiger partial charge in [-0.3, -0.25) is 4.79 Å². The molecule has 0 aliphatic heterocycles. The van der Waals surface area contributed by atoms with Crippen molar-refractivity contribution < 1.29 is 26.4 Å². The first-order valence-corrected chi connectivity index (χ1v) is 7.12. The van der Waals surface area contributed by atoms with Crippen LogP contribution < -0.4 is 10.5 Å². The fourth-order valence-electron chi connectivity index (χ4n) is 1.41. The van der Waals surface area contributed by atoms with Crippen LogP contribution in [0.4, 0.5) is 13.2 Å². The van der Waals surface area contributed by atoms with Crippen molar-refractivity contribution in [2.75, 3.05) is 6.54 Å². The molecule has 0 spiro atoms. The molecule has 0 bridgehead atoms. The molecule has 0 fully saturated rings. The Morgan fingerprint density at radius 3 is 2.50 bits per heavy atom. The van der Waals surface area contributed by atoms with E-state index in [1.54, 1.807) is 0 Å². The molecule has 0 radical (unpaired) electrons. The summed E-state index contributed by atoms with van der Waals surface area (Å²) in [7, 11) is -3.93. The summed E-state index contributed by atoms with van der Waals surface area (Å²) in [5.74, 6) is -0.655. The minimum atomic E-state index is -4.27. The Morgan fingerprint density at radius 1 is 1.30 bits per heavy atom. The zero-order valence-corrected chi connectivity index (χ0v) is 11.1. The molecule has 1 aromatic carbocycles. The fourth-order valence-corrected chi connectivity index (χ4v) is 1.97. The lowest BCUT2D eigenvalue weighted by Crippen LogP contribution is -2.26. The van der Waals surface area contributed by atoms with Gasteiger partial charge in [0.05, 0.1) is 4.90 Å². The Hall–Kier alpha value is -1.61. The second-order valence-electron chi connectivity index (χ2n) is 4.05. The van der Waals surface area contributed by atoms with E-state index in [2.05, 4.69) is 5.32 Å². The first kappa shape index (κ1) is 16.4. The van der Waals surface area contributed by atoms with Gasteiger partial charge in [0.15, 0.2) is 0 Å². The fraction of sp³-hybridized carbons (Fsp3) is 0.364. The third-order valence-corrected chi connectivity index (χ3v) is 3.26. The van der Waals surface area contributed by atoms with Gasteiger partial charge in [0.25, 0.3) is 5.91 Å². The van der Waals surface area contributed by atoms with Gasteiger partial charge in [0, 0.05) is 18.5 Å². The maximum Gasteiger partial charge on any atom is 0.389 e. The molecule has 5 nitrogen and oxygen atoms in total. The van der Waals surface area contributed by atoms with Gasteiger partial charge in [0.1, 0.15) is 0 Å². The van der Waals surface area contributed by atoms with E-state index in [1.165, 1.54) is 18.2 Å². The molecule has 1 amide bonds. The molecule has 1 aromatic rings. The molecule has 0 saturated carbocycles. The molecule has 9 heteroatoms. The van der Waals surface area contributed by atoms with Gasteiger partial charge >= 0.3 is 6.18 Å². The lowest BCUT2D eigenvalue weighted by molar-refractivity contribution is -0.135. The Labute approximate surface area is 114 Å². The highest BCUT2D eigenvalue weighted by atomic mass is 32.2. The van der Waals surface area contributed by atoms with Crippen molar-refractivity contribution in [2.45, 2.75) is 23.9 Å². The van der Waals surface area contributed by atoms with Gasteiger partial charge in [-0.2, -0.15) is 13.2 Å². The van der Waals surface area contributed by atoms with Crippen LogP contribution in [0, 0.1) is 0 Å². The summed E-state index contributed by atoms with van der Waals surface area (Å²) >= 11 is 0. The van der Waals surface area contributed by atoms with Gasteiger partial charge in [-0.05, 0) is 24.6 Å². The van der Waals surface area contributed by atoms with Crippen LogP contribution in [0.25, 0.3) is 0 Å². The highest BCUT2D eigenvalue weighted by molar-refractivity contribution is 7.89. The Balaban J connectivity index is 2.61. The molecule has 20 heavy (non-hydrogen) atoms. The van der Waals surface area contributed by atoms with Crippen LogP contribution in [0.2, 0.25) is 0 Å². The number of hydrogen-bond donors (Lipinski definition) is 2. The number of carbonyl (C=O) groups excluding carboxylic acids is 1. The quantitative estimate of drug-likeness (QED) is 0.806. The van der Waals surface area contributed by atoms with E-state index < -0.39 is 28.5 Å². The molecule has 0 aliphatic rings.